The van der Waals surface area contributed by atoms with E-state index in [9.17, 15) is 24.8 Å². The number of benzene rings is 1. The van der Waals surface area contributed by atoms with Crippen LogP contribution in [0.4, 0.5) is 4.79 Å². The molecular formula is C26H24Cl2N4O5. The Kier molecular flexibility index (Phi) is 7.91. The molecule has 3 heterocycles. The van der Waals surface area contributed by atoms with Crippen LogP contribution >= 0.6 is 23.2 Å². The first kappa shape index (κ1) is 26.3. The van der Waals surface area contributed by atoms with Crippen LogP contribution in [0.25, 0.3) is 17.0 Å². The molecule has 37 heavy (non-hydrogen) atoms. The second kappa shape index (κ2) is 11.1. The normalized spacial score (nSPS) is 14.2. The molecule has 11 heteroatoms. The molecule has 1 aliphatic rings. The van der Waals surface area contributed by atoms with E-state index in [2.05, 4.69) is 11.4 Å². The summed E-state index contributed by atoms with van der Waals surface area (Å²) < 4.78 is 9.13. The van der Waals surface area contributed by atoms with Crippen LogP contribution in [-0.4, -0.2) is 32.7 Å². The van der Waals surface area contributed by atoms with Crippen molar-refractivity contribution in [2.75, 3.05) is 6.61 Å². The lowest BCUT2D eigenvalue weighted by Crippen LogP contribution is -2.31. The van der Waals surface area contributed by atoms with Crippen LogP contribution in [0.1, 0.15) is 43.5 Å². The molecule has 1 aliphatic heterocycles. The Morgan fingerprint density at radius 3 is 2.65 bits per heavy atom. The molecule has 1 amide bonds. The number of allylic oxidation sites excluding steroid dienone is 1. The summed E-state index contributed by atoms with van der Waals surface area (Å²) in [4.78, 5) is 38.2. The van der Waals surface area contributed by atoms with Crippen molar-refractivity contribution < 1.29 is 19.4 Å². The average Bonchev–Trinajstić information content (AvgIpc) is 3.45. The second-order valence-corrected chi connectivity index (χ2v) is 9.41. The first-order chi connectivity index (χ1) is 17.8. The quantitative estimate of drug-likeness (QED) is 0.340. The van der Waals surface area contributed by atoms with Crippen LogP contribution in [-0.2, 0) is 17.9 Å². The van der Waals surface area contributed by atoms with Crippen LogP contribution in [0.2, 0.25) is 10.0 Å². The molecule has 4 rings (SSSR count). The number of nitriles is 1. The van der Waals surface area contributed by atoms with Gasteiger partial charge in [0.1, 0.15) is 11.5 Å². The van der Waals surface area contributed by atoms with Crippen molar-refractivity contribution >= 4 is 52.1 Å². The molecule has 2 N–H and O–H groups in total. The first-order valence-corrected chi connectivity index (χ1v) is 12.5. The zero-order chi connectivity index (χ0) is 26.7. The highest BCUT2D eigenvalue weighted by atomic mass is 35.5. The molecule has 0 bridgehead atoms. The fourth-order valence-electron chi connectivity index (χ4n) is 4.46. The number of halogens is 2. The monoisotopic (exact) mass is 542 g/mol. The van der Waals surface area contributed by atoms with Gasteiger partial charge in [-0.25, -0.2) is 4.79 Å². The largest absolute Gasteiger partial charge is 0.491 e. The summed E-state index contributed by atoms with van der Waals surface area (Å²) in [7, 11) is 0. The van der Waals surface area contributed by atoms with Gasteiger partial charge in [0.2, 0.25) is 0 Å². The Hall–Kier alpha value is -3.74. The Balaban J connectivity index is 1.78. The number of aromatic nitrogens is 2. The molecular weight excluding hydrogens is 519 g/mol. The highest BCUT2D eigenvalue weighted by Crippen LogP contribution is 2.36. The summed E-state index contributed by atoms with van der Waals surface area (Å²) in [5, 5.41) is 22.1. The van der Waals surface area contributed by atoms with E-state index in [0.717, 1.165) is 12.8 Å². The van der Waals surface area contributed by atoms with Crippen molar-refractivity contribution in [3.63, 3.8) is 0 Å². The molecule has 3 aromatic rings. The van der Waals surface area contributed by atoms with E-state index in [1.165, 1.54) is 16.7 Å². The van der Waals surface area contributed by atoms with Crippen molar-refractivity contribution in [1.82, 2.24) is 14.5 Å². The summed E-state index contributed by atoms with van der Waals surface area (Å²) in [6, 6.07) is 8.62. The lowest BCUT2D eigenvalue weighted by Gasteiger charge is -2.21. The number of ether oxygens (including phenoxy) is 1. The summed E-state index contributed by atoms with van der Waals surface area (Å²) in [6.07, 6.45) is 3.62. The summed E-state index contributed by atoms with van der Waals surface area (Å²) in [6.45, 7) is 2.05. The zero-order valence-electron chi connectivity index (χ0n) is 20.0. The predicted octanol–water partition coefficient (Wildman–Crippen LogP) is 5.18. The van der Waals surface area contributed by atoms with Gasteiger partial charge in [0.05, 0.1) is 51.8 Å². The van der Waals surface area contributed by atoms with Crippen molar-refractivity contribution in [2.24, 2.45) is 0 Å². The molecule has 0 saturated carbocycles. The Labute approximate surface area is 222 Å². The van der Waals surface area contributed by atoms with E-state index >= 15 is 0 Å². The van der Waals surface area contributed by atoms with E-state index in [0.29, 0.717) is 29.0 Å². The van der Waals surface area contributed by atoms with Gasteiger partial charge in [-0.05, 0) is 30.7 Å². The molecule has 0 aliphatic carbocycles. The minimum absolute atomic E-state index is 0.0511. The van der Waals surface area contributed by atoms with Crippen LogP contribution in [0.15, 0.2) is 40.8 Å². The Morgan fingerprint density at radius 1 is 1.24 bits per heavy atom. The van der Waals surface area contributed by atoms with Crippen molar-refractivity contribution in [3.05, 3.63) is 67.8 Å². The van der Waals surface area contributed by atoms with Gasteiger partial charge in [-0.3, -0.25) is 9.59 Å². The number of nitrogens with zero attached hydrogens (tertiary/aromatic N) is 3. The van der Waals surface area contributed by atoms with Gasteiger partial charge in [0.25, 0.3) is 5.56 Å². The molecule has 2 aromatic heterocycles. The third-order valence-electron chi connectivity index (χ3n) is 6.25. The topological polar surface area (TPSA) is 126 Å². The maximum Gasteiger partial charge on any atom is 0.404 e. The number of hydrogen-bond donors (Lipinski definition) is 2. The fourth-order valence-corrected chi connectivity index (χ4v) is 4.79. The van der Waals surface area contributed by atoms with E-state index in [1.54, 1.807) is 29.1 Å². The fraction of sp³-hybridized carbons (Fsp3) is 0.308. The molecule has 1 aromatic carbocycles. The van der Waals surface area contributed by atoms with Gasteiger partial charge in [0, 0.05) is 36.4 Å². The number of hydrogen-bond acceptors (Lipinski definition) is 5. The third-order valence-corrected chi connectivity index (χ3v) is 6.97. The minimum Gasteiger partial charge on any atom is -0.491 e. The van der Waals surface area contributed by atoms with Crippen molar-refractivity contribution in [2.45, 2.75) is 45.2 Å². The maximum atomic E-state index is 13.6. The van der Waals surface area contributed by atoms with Crippen LogP contribution in [0, 0.1) is 11.3 Å². The number of fused-ring (bicyclic) bond motifs is 2. The third kappa shape index (κ3) is 5.22. The van der Waals surface area contributed by atoms with E-state index in [-0.39, 0.29) is 46.4 Å². The molecule has 192 valence electrons. The van der Waals surface area contributed by atoms with Gasteiger partial charge < -0.3 is 24.3 Å². The van der Waals surface area contributed by atoms with E-state index in [1.807, 2.05) is 6.92 Å². The molecule has 0 spiro atoms. The average molecular weight is 543 g/mol. The number of nitrogens with one attached hydrogen (secondary N) is 1. The number of carbonyl (C=O) groups excluding carboxylic acids is 1. The number of carbonyl (C=O) groups is 2. The van der Waals surface area contributed by atoms with Crippen molar-refractivity contribution in [1.29, 1.82) is 5.26 Å². The minimum atomic E-state index is -1.28. The number of ketones is 1. The SMILES string of the molecule is CCCCOc1c(CNC(=O)O)n(CCC(=O)C2C(C#N)=Cn3cccc32)c(=O)c2cc(Cl)c(Cl)cc12. The predicted molar refractivity (Wildman–Crippen MR) is 140 cm³/mol. The van der Waals surface area contributed by atoms with Crippen LogP contribution in [0.3, 0.4) is 0 Å². The smallest absolute Gasteiger partial charge is 0.404 e. The Bertz CT molecular complexity index is 1520. The highest BCUT2D eigenvalue weighted by molar-refractivity contribution is 6.42. The molecule has 1 unspecified atom stereocenters. The molecule has 0 radical (unpaired) electrons. The standard InChI is InChI=1S/C26H24Cl2N4O5/c1-2-3-9-37-24-16-10-18(27)19(28)11-17(16)25(34)32(21(24)13-30-26(35)36)8-6-22(33)23-15(12-29)14-31-7-4-5-20(23)31/h4-5,7,10-11,14,23,30H,2-3,6,8-9,13H2,1H3,(H,35,36). The number of rotatable bonds is 10. The molecule has 1 atom stereocenters. The van der Waals surface area contributed by atoms with E-state index in [4.69, 9.17) is 27.9 Å². The lowest BCUT2D eigenvalue weighted by molar-refractivity contribution is -0.119. The van der Waals surface area contributed by atoms with E-state index < -0.39 is 17.6 Å². The van der Waals surface area contributed by atoms with Gasteiger partial charge in [-0.1, -0.05) is 36.5 Å². The Morgan fingerprint density at radius 2 is 1.97 bits per heavy atom. The number of unbranched alkanes of at least 4 members (excludes halogenated alkanes) is 1. The molecule has 0 fully saturated rings. The van der Waals surface area contributed by atoms with Gasteiger partial charge in [0.15, 0.2) is 0 Å². The first-order valence-electron chi connectivity index (χ1n) is 11.7. The van der Waals surface area contributed by atoms with Crippen LogP contribution < -0.4 is 15.6 Å². The maximum absolute atomic E-state index is 13.6. The zero-order valence-corrected chi connectivity index (χ0v) is 21.5. The van der Waals surface area contributed by atoms with Crippen LogP contribution in [0.5, 0.6) is 5.75 Å². The molecule has 0 saturated heterocycles. The summed E-state index contributed by atoms with van der Waals surface area (Å²) in [5.74, 6) is -0.669. The number of carboxylic acid groups (broad SMARTS) is 1. The summed E-state index contributed by atoms with van der Waals surface area (Å²) in [5.41, 5.74) is 0.819. The van der Waals surface area contributed by atoms with Gasteiger partial charge >= 0.3 is 6.09 Å². The summed E-state index contributed by atoms with van der Waals surface area (Å²) >= 11 is 12.5. The van der Waals surface area contributed by atoms with Gasteiger partial charge in [-0.15, -0.1) is 0 Å². The second-order valence-electron chi connectivity index (χ2n) is 8.59. The number of Topliss-reactive ketones (excluding diaryl/α,β-unsaturated/α-hetero) is 1. The number of pyridine rings is 1. The van der Waals surface area contributed by atoms with Crippen molar-refractivity contribution in [3.8, 4) is 11.8 Å². The van der Waals surface area contributed by atoms with Gasteiger partial charge in [-0.2, -0.15) is 5.26 Å². The lowest BCUT2D eigenvalue weighted by atomic mass is 9.92. The number of amides is 1. The highest BCUT2D eigenvalue weighted by Gasteiger charge is 2.32. The molecule has 9 nitrogen and oxygen atoms in total.